The van der Waals surface area contributed by atoms with Crippen LogP contribution in [0.15, 0.2) is 42.4 Å². The van der Waals surface area contributed by atoms with Crippen LogP contribution in [-0.2, 0) is 11.2 Å². The molecule has 1 heterocycles. The third-order valence-corrected chi connectivity index (χ3v) is 5.35. The molecule has 1 aliphatic rings. The van der Waals surface area contributed by atoms with Gasteiger partial charge in [-0.2, -0.15) is 0 Å². The van der Waals surface area contributed by atoms with E-state index in [0.717, 1.165) is 0 Å². The Balaban J connectivity index is 1.53. The van der Waals surface area contributed by atoms with Gasteiger partial charge in [-0.3, -0.25) is 14.6 Å². The van der Waals surface area contributed by atoms with Gasteiger partial charge in [0.05, 0.1) is 17.8 Å². The number of piperazine rings is 1. The Kier molecular flexibility index (Phi) is 6.25. The van der Waals surface area contributed by atoms with Gasteiger partial charge in [0.15, 0.2) is 17.3 Å². The third-order valence-electron chi connectivity index (χ3n) is 5.35. The fourth-order valence-corrected chi connectivity index (χ4v) is 3.61. The summed E-state index contributed by atoms with van der Waals surface area (Å²) < 4.78 is 51.6. The number of ether oxygens (including phenoxy) is 2. The quantitative estimate of drug-likeness (QED) is 0.624. The number of nitrogens with zero attached hydrogens (tertiary/aromatic N) is 2. The molecule has 0 saturated carbocycles. The molecule has 1 saturated heterocycles. The van der Waals surface area contributed by atoms with E-state index < -0.39 is 12.6 Å². The second-order valence-corrected chi connectivity index (χ2v) is 7.69. The molecule has 1 N–H and O–H groups in total. The average molecular weight is 432 g/mol. The highest BCUT2D eigenvalue weighted by Gasteiger charge is 2.21. The summed E-state index contributed by atoms with van der Waals surface area (Å²) in [6, 6.07) is 6.82. The molecule has 3 rings (SSSR count). The first-order valence-electron chi connectivity index (χ1n) is 13.0. The van der Waals surface area contributed by atoms with E-state index in [1.165, 1.54) is 7.11 Å². The van der Waals surface area contributed by atoms with Gasteiger partial charge in [-0.1, -0.05) is 30.3 Å². The molecule has 1 aliphatic heterocycles. The van der Waals surface area contributed by atoms with Gasteiger partial charge in [0.2, 0.25) is 0 Å². The van der Waals surface area contributed by atoms with Crippen LogP contribution >= 0.6 is 0 Å². The lowest BCUT2D eigenvalue weighted by molar-refractivity contribution is -0.120. The van der Waals surface area contributed by atoms with Crippen molar-refractivity contribution in [2.45, 2.75) is 26.4 Å². The molecule has 0 amide bonds. The summed E-state index contributed by atoms with van der Waals surface area (Å²) in [6.07, 6.45) is -1.30. The molecule has 1 atom stereocenters. The summed E-state index contributed by atoms with van der Waals surface area (Å²) >= 11 is 0. The fraction of sp³-hybridized carbons (Fsp3) is 0.480. The SMILES string of the molecule is [2H]c1c([2H])c(C)c(CC(=O)CN2CCN(C([2H])([2H])C(O)COc3ccccc3OC)CC2)c(C)c1[2H]. The number of ketones is 1. The molecule has 31 heavy (non-hydrogen) atoms. The minimum Gasteiger partial charge on any atom is -0.493 e. The van der Waals surface area contributed by atoms with E-state index in [4.69, 9.17) is 16.3 Å². The molecule has 168 valence electrons. The van der Waals surface area contributed by atoms with Crippen molar-refractivity contribution in [2.24, 2.45) is 0 Å². The summed E-state index contributed by atoms with van der Waals surface area (Å²) in [6.45, 7) is 2.94. The average Bonchev–Trinajstić information content (AvgIpc) is 2.87. The lowest BCUT2D eigenvalue weighted by Crippen LogP contribution is -2.50. The molecule has 1 unspecified atom stereocenters. The highest BCUT2D eigenvalue weighted by Crippen LogP contribution is 2.25. The normalized spacial score (nSPS) is 18.9. The molecule has 0 bridgehead atoms. The number of β-amino-alcohol motifs (C(OH)–C–C–N with tert-alkyl or cyclic N) is 1. The zero-order valence-corrected chi connectivity index (χ0v) is 18.4. The van der Waals surface area contributed by atoms with Gasteiger partial charge in [0.25, 0.3) is 0 Å². The monoisotopic (exact) mass is 431 g/mol. The van der Waals surface area contributed by atoms with Crippen LogP contribution in [0.1, 0.15) is 23.5 Å². The number of carbonyl (C=O) groups is 1. The van der Waals surface area contributed by atoms with Crippen LogP contribution in [0.5, 0.6) is 11.5 Å². The molecule has 2 aromatic carbocycles. The molecule has 0 radical (unpaired) electrons. The predicted octanol–water partition coefficient (Wildman–Crippen LogP) is 2.48. The van der Waals surface area contributed by atoms with Gasteiger partial charge < -0.3 is 14.6 Å². The Hall–Kier alpha value is -2.41. The third kappa shape index (κ3) is 6.79. The van der Waals surface area contributed by atoms with Crippen LogP contribution in [0.3, 0.4) is 0 Å². The largest absolute Gasteiger partial charge is 0.493 e. The number of para-hydroxylation sites is 2. The number of aliphatic hydroxyl groups is 1. The van der Waals surface area contributed by atoms with Crippen molar-refractivity contribution in [3.05, 3.63) is 59.1 Å². The summed E-state index contributed by atoms with van der Waals surface area (Å²) in [5, 5.41) is 10.6. The standard InChI is InChI=1S/C25H34N2O4/c1-19-7-6-8-20(2)23(19)15-21(28)16-26-11-13-27(14-12-26)17-22(29)18-31-25-10-5-4-9-24(25)30-3/h4-10,22,29H,11-18H2,1-3H3/i6D,7D,8D,17D2. The van der Waals surface area contributed by atoms with Crippen molar-refractivity contribution >= 4 is 5.78 Å². The molecule has 2 aromatic rings. The maximum atomic E-state index is 12.8. The van der Waals surface area contributed by atoms with Crippen LogP contribution in [0.4, 0.5) is 0 Å². The number of hydrogen-bond donors (Lipinski definition) is 1. The highest BCUT2D eigenvalue weighted by molar-refractivity contribution is 5.83. The van der Waals surface area contributed by atoms with E-state index in [-0.39, 0.29) is 43.5 Å². The van der Waals surface area contributed by atoms with Gasteiger partial charge in [-0.05, 0) is 42.7 Å². The van der Waals surface area contributed by atoms with Crippen molar-refractivity contribution in [2.75, 3.05) is 52.9 Å². The van der Waals surface area contributed by atoms with Crippen LogP contribution in [-0.4, -0.2) is 79.7 Å². The number of Topliss-reactive ketones (excluding diaryl/α,β-unsaturated/α-hetero) is 1. The van der Waals surface area contributed by atoms with Gasteiger partial charge in [-0.25, -0.2) is 0 Å². The van der Waals surface area contributed by atoms with Crippen LogP contribution in [0.2, 0.25) is 0 Å². The molecular formula is C25H34N2O4. The second kappa shape index (κ2) is 11.3. The summed E-state index contributed by atoms with van der Waals surface area (Å²) in [7, 11) is 1.51. The van der Waals surface area contributed by atoms with E-state index in [1.54, 1.807) is 43.0 Å². The first kappa shape index (κ1) is 17.2. The lowest BCUT2D eigenvalue weighted by Gasteiger charge is -2.35. The zero-order chi connectivity index (χ0) is 26.6. The van der Waals surface area contributed by atoms with Crippen LogP contribution in [0, 0.1) is 13.8 Å². The van der Waals surface area contributed by atoms with E-state index in [0.29, 0.717) is 54.4 Å². The molecule has 1 fully saturated rings. The Bertz CT molecular complexity index is 1060. The zero-order valence-electron chi connectivity index (χ0n) is 23.4. The number of benzene rings is 2. The van der Waals surface area contributed by atoms with Gasteiger partial charge in [-0.15, -0.1) is 0 Å². The maximum absolute atomic E-state index is 12.8. The predicted molar refractivity (Wildman–Crippen MR) is 122 cm³/mol. The minimum absolute atomic E-state index is 0.0162. The number of methoxy groups -OCH3 is 1. The van der Waals surface area contributed by atoms with E-state index >= 15 is 0 Å². The summed E-state index contributed by atoms with van der Waals surface area (Å²) in [4.78, 5) is 16.3. The lowest BCUT2D eigenvalue weighted by atomic mass is 9.98. The molecular weight excluding hydrogens is 392 g/mol. The number of aliphatic hydroxyl groups excluding tert-OH is 1. The topological polar surface area (TPSA) is 62.2 Å². The molecule has 0 aromatic heterocycles. The fourth-order valence-electron chi connectivity index (χ4n) is 3.61. The van der Waals surface area contributed by atoms with Crippen molar-refractivity contribution < 1.29 is 26.2 Å². The second-order valence-electron chi connectivity index (χ2n) is 7.69. The Morgan fingerprint density at radius 2 is 1.74 bits per heavy atom. The van der Waals surface area contributed by atoms with Crippen molar-refractivity contribution in [3.8, 4) is 11.5 Å². The Morgan fingerprint density at radius 1 is 1.13 bits per heavy atom. The number of rotatable bonds is 10. The number of hydrogen-bond acceptors (Lipinski definition) is 6. The molecule has 0 spiro atoms. The molecule has 6 heteroatoms. The van der Waals surface area contributed by atoms with E-state index in [9.17, 15) is 9.90 Å². The van der Waals surface area contributed by atoms with Gasteiger partial charge in [0, 0.05) is 41.8 Å². The summed E-state index contributed by atoms with van der Waals surface area (Å²) in [5.41, 5.74) is 1.76. The highest BCUT2D eigenvalue weighted by atomic mass is 16.5. The first-order valence-corrected chi connectivity index (χ1v) is 10.5. The van der Waals surface area contributed by atoms with E-state index in [1.807, 2.05) is 4.90 Å². The maximum Gasteiger partial charge on any atom is 0.161 e. The Labute approximate surface area is 192 Å². The van der Waals surface area contributed by atoms with Crippen LogP contribution in [0.25, 0.3) is 0 Å². The summed E-state index contributed by atoms with van der Waals surface area (Å²) in [5.74, 6) is 0.873. The smallest absolute Gasteiger partial charge is 0.161 e. The number of carbonyl (C=O) groups excluding carboxylic acids is 1. The molecule has 6 nitrogen and oxygen atoms in total. The van der Waals surface area contributed by atoms with Crippen molar-refractivity contribution in [1.29, 1.82) is 0 Å². The van der Waals surface area contributed by atoms with Crippen molar-refractivity contribution in [1.82, 2.24) is 9.80 Å². The minimum atomic E-state index is -2.01. The van der Waals surface area contributed by atoms with Gasteiger partial charge in [0.1, 0.15) is 12.7 Å². The first-order chi connectivity index (χ1) is 17.0. The molecule has 0 aliphatic carbocycles. The van der Waals surface area contributed by atoms with Gasteiger partial charge >= 0.3 is 0 Å². The van der Waals surface area contributed by atoms with Crippen LogP contribution < -0.4 is 9.47 Å². The van der Waals surface area contributed by atoms with Crippen molar-refractivity contribution in [3.63, 3.8) is 0 Å². The van der Waals surface area contributed by atoms with E-state index in [2.05, 4.69) is 0 Å². The Morgan fingerprint density at radius 3 is 2.39 bits per heavy atom.